The van der Waals surface area contributed by atoms with Crippen LogP contribution in [-0.4, -0.2) is 65.8 Å². The number of carbonyl (C=O) groups is 2. The summed E-state index contributed by atoms with van der Waals surface area (Å²) < 4.78 is 18.6. The minimum atomic E-state index is -0.206. The van der Waals surface area contributed by atoms with Gasteiger partial charge in [-0.25, -0.2) is 4.39 Å². The lowest BCUT2D eigenvalue weighted by Crippen LogP contribution is -2.49. The third kappa shape index (κ3) is 4.11. The topological polar surface area (TPSA) is 57.0 Å². The minimum Gasteiger partial charge on any atom is -0.459 e. The first kappa shape index (κ1) is 20.2. The first-order chi connectivity index (χ1) is 15.0. The molecule has 0 radical (unpaired) electrons. The molecule has 164 valence electrons. The van der Waals surface area contributed by atoms with E-state index in [0.29, 0.717) is 25.4 Å². The lowest BCUT2D eigenvalue weighted by Gasteiger charge is -2.36. The van der Waals surface area contributed by atoms with Crippen LogP contribution < -0.4 is 0 Å². The maximum absolute atomic E-state index is 13.4. The quantitative estimate of drug-likeness (QED) is 0.756. The lowest BCUT2D eigenvalue weighted by molar-refractivity contribution is -0.135. The number of rotatable bonds is 4. The monoisotopic (exact) mass is 425 g/mol. The fourth-order valence-corrected chi connectivity index (χ4v) is 5.20. The second kappa shape index (κ2) is 8.11. The van der Waals surface area contributed by atoms with Crippen molar-refractivity contribution in [2.75, 3.05) is 39.3 Å². The molecule has 2 aliphatic heterocycles. The van der Waals surface area contributed by atoms with E-state index in [1.165, 1.54) is 12.3 Å². The molecule has 5 rings (SSSR count). The highest BCUT2D eigenvalue weighted by atomic mass is 19.1. The van der Waals surface area contributed by atoms with Crippen molar-refractivity contribution in [1.82, 2.24) is 14.7 Å². The van der Waals surface area contributed by atoms with Crippen LogP contribution in [0.4, 0.5) is 4.39 Å². The van der Waals surface area contributed by atoms with Crippen LogP contribution in [0.5, 0.6) is 0 Å². The SMILES string of the molecule is O=C(c1ccco1)N1CCC2(CC1)C[C@H]2C(=O)N1CCN(Cc2cccc(F)c2)CC1. The van der Waals surface area contributed by atoms with Gasteiger partial charge in [0.05, 0.1) is 6.26 Å². The molecule has 3 fully saturated rings. The van der Waals surface area contributed by atoms with Gasteiger partial charge in [-0.15, -0.1) is 0 Å². The Labute approximate surface area is 181 Å². The number of hydrogen-bond donors (Lipinski definition) is 0. The molecule has 0 N–H and O–H groups in total. The Morgan fingerprint density at radius 3 is 2.45 bits per heavy atom. The molecule has 2 saturated heterocycles. The van der Waals surface area contributed by atoms with Gasteiger partial charge in [0.15, 0.2) is 5.76 Å². The Kier molecular flexibility index (Phi) is 5.30. The van der Waals surface area contributed by atoms with Crippen LogP contribution in [0.2, 0.25) is 0 Å². The van der Waals surface area contributed by atoms with E-state index in [1.807, 2.05) is 15.9 Å². The van der Waals surface area contributed by atoms with Crippen LogP contribution in [0.1, 0.15) is 35.4 Å². The Bertz CT molecular complexity index is 945. The molecule has 1 aromatic carbocycles. The van der Waals surface area contributed by atoms with E-state index in [9.17, 15) is 14.0 Å². The van der Waals surface area contributed by atoms with Crippen molar-refractivity contribution in [3.8, 4) is 0 Å². The molecule has 31 heavy (non-hydrogen) atoms. The first-order valence-electron chi connectivity index (χ1n) is 11.1. The molecule has 3 heterocycles. The third-order valence-electron chi connectivity index (χ3n) is 7.25. The molecule has 3 aliphatic rings. The van der Waals surface area contributed by atoms with Crippen molar-refractivity contribution >= 4 is 11.8 Å². The molecule has 2 aromatic rings. The number of carbonyl (C=O) groups excluding carboxylic acids is 2. The van der Waals surface area contributed by atoms with E-state index in [2.05, 4.69) is 4.90 Å². The Morgan fingerprint density at radius 1 is 1.00 bits per heavy atom. The van der Waals surface area contributed by atoms with Gasteiger partial charge in [-0.1, -0.05) is 12.1 Å². The van der Waals surface area contributed by atoms with E-state index in [0.717, 1.165) is 51.0 Å². The predicted molar refractivity (Wildman–Crippen MR) is 113 cm³/mol. The number of hydrogen-bond acceptors (Lipinski definition) is 4. The summed E-state index contributed by atoms with van der Waals surface area (Å²) in [5.41, 5.74) is 1.05. The van der Waals surface area contributed by atoms with E-state index >= 15 is 0 Å². The van der Waals surface area contributed by atoms with Gasteiger partial charge < -0.3 is 14.2 Å². The van der Waals surface area contributed by atoms with Crippen LogP contribution in [0.25, 0.3) is 0 Å². The summed E-state index contributed by atoms with van der Waals surface area (Å²) in [7, 11) is 0. The molecule has 1 saturated carbocycles. The lowest BCUT2D eigenvalue weighted by atomic mass is 9.90. The number of amides is 2. The van der Waals surface area contributed by atoms with Gasteiger partial charge in [-0.2, -0.15) is 0 Å². The summed E-state index contributed by atoms with van der Waals surface area (Å²) in [6.45, 7) is 5.16. The summed E-state index contributed by atoms with van der Waals surface area (Å²) >= 11 is 0. The van der Waals surface area contributed by atoms with Gasteiger partial charge in [0.1, 0.15) is 5.82 Å². The van der Waals surface area contributed by atoms with Crippen molar-refractivity contribution in [2.24, 2.45) is 11.3 Å². The number of halogens is 1. The second-order valence-electron chi connectivity index (χ2n) is 9.12. The Balaban J connectivity index is 1.10. The molecular weight excluding hydrogens is 397 g/mol. The maximum atomic E-state index is 13.4. The van der Waals surface area contributed by atoms with Crippen LogP contribution in [-0.2, 0) is 11.3 Å². The number of likely N-dealkylation sites (tertiary alicyclic amines) is 1. The molecule has 1 atom stereocenters. The standard InChI is InChI=1S/C24H28FN3O3/c25-19-4-1-3-18(15-19)17-26-10-12-28(13-11-26)22(29)20-16-24(20)6-8-27(9-7-24)23(30)21-5-2-14-31-21/h1-5,14-15,20H,6-13,16-17H2/t20-/m0/s1. The van der Waals surface area contributed by atoms with Gasteiger partial charge in [0.25, 0.3) is 5.91 Å². The molecule has 2 amide bonds. The van der Waals surface area contributed by atoms with E-state index in [-0.39, 0.29) is 29.0 Å². The first-order valence-corrected chi connectivity index (χ1v) is 11.1. The van der Waals surface area contributed by atoms with Crippen molar-refractivity contribution in [1.29, 1.82) is 0 Å². The summed E-state index contributed by atoms with van der Waals surface area (Å²) in [6.07, 6.45) is 4.23. The molecule has 1 aromatic heterocycles. The van der Waals surface area contributed by atoms with E-state index in [1.54, 1.807) is 24.3 Å². The largest absolute Gasteiger partial charge is 0.459 e. The Morgan fingerprint density at radius 2 is 1.77 bits per heavy atom. The molecule has 7 heteroatoms. The number of piperazine rings is 1. The van der Waals surface area contributed by atoms with Crippen molar-refractivity contribution < 1.29 is 18.4 Å². The zero-order valence-electron chi connectivity index (χ0n) is 17.6. The Hall–Kier alpha value is -2.67. The summed E-state index contributed by atoms with van der Waals surface area (Å²) in [5.74, 6) is 0.495. The van der Waals surface area contributed by atoms with Gasteiger partial charge >= 0.3 is 0 Å². The smallest absolute Gasteiger partial charge is 0.289 e. The fourth-order valence-electron chi connectivity index (χ4n) is 5.20. The number of nitrogens with zero attached hydrogens (tertiary/aromatic N) is 3. The number of furan rings is 1. The highest BCUT2D eigenvalue weighted by Crippen LogP contribution is 2.60. The normalized spacial score (nSPS) is 23.2. The fraction of sp³-hybridized carbons (Fsp3) is 0.500. The van der Waals surface area contributed by atoms with E-state index < -0.39 is 0 Å². The molecular formula is C24H28FN3O3. The summed E-state index contributed by atoms with van der Waals surface area (Å²) in [4.78, 5) is 31.7. The van der Waals surface area contributed by atoms with Crippen LogP contribution in [0.15, 0.2) is 47.1 Å². The zero-order chi connectivity index (χ0) is 21.4. The average Bonchev–Trinajstić information content (AvgIpc) is 3.20. The number of piperidine rings is 1. The predicted octanol–water partition coefficient (Wildman–Crippen LogP) is 3.01. The maximum Gasteiger partial charge on any atom is 0.289 e. The second-order valence-corrected chi connectivity index (χ2v) is 9.12. The van der Waals surface area contributed by atoms with Crippen LogP contribution in [0, 0.1) is 17.2 Å². The van der Waals surface area contributed by atoms with Gasteiger partial charge in [-0.3, -0.25) is 14.5 Å². The minimum absolute atomic E-state index is 0.0576. The summed E-state index contributed by atoms with van der Waals surface area (Å²) in [6, 6.07) is 10.1. The molecule has 0 unspecified atom stereocenters. The van der Waals surface area contributed by atoms with Crippen molar-refractivity contribution in [3.05, 3.63) is 59.8 Å². The molecule has 1 aliphatic carbocycles. The van der Waals surface area contributed by atoms with Gasteiger partial charge in [-0.05, 0) is 54.5 Å². The average molecular weight is 426 g/mol. The van der Waals surface area contributed by atoms with Gasteiger partial charge in [0.2, 0.25) is 5.91 Å². The molecule has 0 bridgehead atoms. The highest BCUT2D eigenvalue weighted by molar-refractivity contribution is 5.91. The highest BCUT2D eigenvalue weighted by Gasteiger charge is 2.59. The molecule has 6 nitrogen and oxygen atoms in total. The molecule has 1 spiro atoms. The van der Waals surface area contributed by atoms with E-state index in [4.69, 9.17) is 4.42 Å². The zero-order valence-corrected chi connectivity index (χ0v) is 17.6. The summed E-state index contributed by atoms with van der Waals surface area (Å²) in [5, 5.41) is 0. The number of benzene rings is 1. The van der Waals surface area contributed by atoms with Crippen LogP contribution in [0.3, 0.4) is 0 Å². The third-order valence-corrected chi connectivity index (χ3v) is 7.25. The van der Waals surface area contributed by atoms with Crippen molar-refractivity contribution in [2.45, 2.75) is 25.8 Å². The van der Waals surface area contributed by atoms with Crippen molar-refractivity contribution in [3.63, 3.8) is 0 Å². The van der Waals surface area contributed by atoms with Crippen LogP contribution >= 0.6 is 0 Å². The van der Waals surface area contributed by atoms with Gasteiger partial charge in [0, 0.05) is 51.7 Å².